The number of aryl methyl sites for hydroxylation is 2. The molecule has 0 fully saturated rings. The van der Waals surface area contributed by atoms with Crippen LogP contribution in [0.3, 0.4) is 0 Å². The average molecular weight is 413 g/mol. The van der Waals surface area contributed by atoms with E-state index in [0.717, 1.165) is 60.6 Å². The molecule has 29 heavy (non-hydrogen) atoms. The van der Waals surface area contributed by atoms with Crippen LogP contribution in [0.4, 0.5) is 5.82 Å². The first-order valence-electron chi connectivity index (χ1n) is 10.6. The van der Waals surface area contributed by atoms with E-state index in [-0.39, 0.29) is 0 Å². The Morgan fingerprint density at radius 1 is 1.24 bits per heavy atom. The summed E-state index contributed by atoms with van der Waals surface area (Å²) in [6.07, 6.45) is 5.62. The number of anilines is 1. The fourth-order valence-electron chi connectivity index (χ4n) is 4.34. The summed E-state index contributed by atoms with van der Waals surface area (Å²) in [7, 11) is 1.65. The smallest absolute Gasteiger partial charge is 0.165 e. The Balaban J connectivity index is 1.95. The van der Waals surface area contributed by atoms with Crippen molar-refractivity contribution >= 4 is 23.1 Å². The number of hydrogen-bond donors (Lipinski definition) is 0. The van der Waals surface area contributed by atoms with E-state index < -0.39 is 0 Å². The maximum absolute atomic E-state index is 6.63. The zero-order chi connectivity index (χ0) is 20.5. The van der Waals surface area contributed by atoms with Crippen molar-refractivity contribution in [1.82, 2.24) is 14.6 Å². The van der Waals surface area contributed by atoms with Crippen LogP contribution in [0, 0.1) is 6.92 Å². The molecule has 0 N–H and O–H groups in total. The van der Waals surface area contributed by atoms with Crippen LogP contribution in [0.5, 0.6) is 5.75 Å². The molecule has 0 amide bonds. The van der Waals surface area contributed by atoms with Crippen molar-refractivity contribution in [3.8, 4) is 16.9 Å². The van der Waals surface area contributed by atoms with Gasteiger partial charge >= 0.3 is 0 Å². The maximum atomic E-state index is 6.63. The minimum Gasteiger partial charge on any atom is -0.497 e. The highest BCUT2D eigenvalue weighted by atomic mass is 35.5. The summed E-state index contributed by atoms with van der Waals surface area (Å²) in [5, 5.41) is 5.61. The van der Waals surface area contributed by atoms with E-state index in [4.69, 9.17) is 26.4 Å². The highest BCUT2D eigenvalue weighted by molar-refractivity contribution is 6.33. The van der Waals surface area contributed by atoms with Crippen molar-refractivity contribution in [3.63, 3.8) is 0 Å². The number of fused-ring (bicyclic) bond motifs is 2. The molecule has 5 nitrogen and oxygen atoms in total. The van der Waals surface area contributed by atoms with Crippen LogP contribution in [0.15, 0.2) is 18.2 Å². The maximum Gasteiger partial charge on any atom is 0.165 e. The van der Waals surface area contributed by atoms with Crippen LogP contribution in [0.25, 0.3) is 16.8 Å². The largest absolute Gasteiger partial charge is 0.497 e. The van der Waals surface area contributed by atoms with Gasteiger partial charge in [-0.15, -0.1) is 0 Å². The van der Waals surface area contributed by atoms with Crippen molar-refractivity contribution in [2.75, 3.05) is 25.1 Å². The van der Waals surface area contributed by atoms with Crippen molar-refractivity contribution in [2.24, 2.45) is 0 Å². The normalized spacial score (nSPS) is 13.1. The zero-order valence-corrected chi connectivity index (χ0v) is 18.5. The van der Waals surface area contributed by atoms with Crippen molar-refractivity contribution in [3.05, 3.63) is 40.2 Å². The first-order chi connectivity index (χ1) is 14.1. The standard InChI is InChI=1S/C23H29ClN4O/c1-5-7-13-27(6-2)23-18-9-8-10-20(18)25-22-21(15(3)26-28(22)23)17-12-11-16(29-4)14-19(17)24/h11-12,14H,5-10,13H2,1-4H3. The molecule has 3 aromatic rings. The fraction of sp³-hybridized carbons (Fsp3) is 0.478. The first-order valence-corrected chi connectivity index (χ1v) is 11.0. The third kappa shape index (κ3) is 3.46. The second kappa shape index (κ2) is 8.23. The molecule has 0 saturated carbocycles. The average Bonchev–Trinajstić information content (AvgIpc) is 3.31. The number of halogens is 1. The Morgan fingerprint density at radius 3 is 2.76 bits per heavy atom. The van der Waals surface area contributed by atoms with Gasteiger partial charge in [0, 0.05) is 29.9 Å². The molecule has 0 bridgehead atoms. The number of methoxy groups -OCH3 is 1. The summed E-state index contributed by atoms with van der Waals surface area (Å²) in [5.41, 5.74) is 6.40. The lowest BCUT2D eigenvalue weighted by molar-refractivity contribution is 0.415. The molecule has 0 spiro atoms. The molecule has 0 unspecified atom stereocenters. The molecule has 0 aliphatic heterocycles. The van der Waals surface area contributed by atoms with Crippen LogP contribution in [-0.4, -0.2) is 34.8 Å². The topological polar surface area (TPSA) is 42.7 Å². The van der Waals surface area contributed by atoms with Gasteiger partial charge in [-0.1, -0.05) is 24.9 Å². The van der Waals surface area contributed by atoms with Gasteiger partial charge in [0.2, 0.25) is 0 Å². The number of ether oxygens (including phenoxy) is 1. The molecule has 1 aliphatic rings. The fourth-order valence-corrected chi connectivity index (χ4v) is 4.61. The second-order valence-electron chi connectivity index (χ2n) is 7.69. The molecular formula is C23H29ClN4O. The van der Waals surface area contributed by atoms with Crippen LogP contribution in [0.2, 0.25) is 5.02 Å². The van der Waals surface area contributed by atoms with Gasteiger partial charge in [-0.05, 0) is 57.7 Å². The van der Waals surface area contributed by atoms with Crippen molar-refractivity contribution in [1.29, 1.82) is 0 Å². The molecular weight excluding hydrogens is 384 g/mol. The van der Waals surface area contributed by atoms with Crippen LogP contribution >= 0.6 is 11.6 Å². The third-order valence-corrected chi connectivity index (χ3v) is 6.16. The Kier molecular flexibility index (Phi) is 5.68. The molecule has 4 rings (SSSR count). The molecule has 6 heteroatoms. The quantitative estimate of drug-likeness (QED) is 0.515. The van der Waals surface area contributed by atoms with Gasteiger partial charge in [0.25, 0.3) is 0 Å². The number of rotatable bonds is 7. The van der Waals surface area contributed by atoms with Gasteiger partial charge in [-0.3, -0.25) is 0 Å². The molecule has 2 heterocycles. The first kappa shape index (κ1) is 20.0. The Hall–Kier alpha value is -2.27. The van der Waals surface area contributed by atoms with Crippen LogP contribution in [-0.2, 0) is 12.8 Å². The highest BCUT2D eigenvalue weighted by Crippen LogP contribution is 2.39. The Morgan fingerprint density at radius 2 is 2.07 bits per heavy atom. The van der Waals surface area contributed by atoms with Gasteiger partial charge in [0.1, 0.15) is 11.6 Å². The lowest BCUT2D eigenvalue weighted by atomic mass is 10.1. The van der Waals surface area contributed by atoms with E-state index in [2.05, 4.69) is 23.3 Å². The molecule has 1 aliphatic carbocycles. The van der Waals surface area contributed by atoms with Gasteiger partial charge in [0.05, 0.1) is 23.4 Å². The van der Waals surface area contributed by atoms with Gasteiger partial charge in [-0.2, -0.15) is 9.61 Å². The molecule has 0 atom stereocenters. The third-order valence-electron chi connectivity index (χ3n) is 5.84. The number of nitrogens with zero attached hydrogens (tertiary/aromatic N) is 4. The number of benzene rings is 1. The lowest BCUT2D eigenvalue weighted by Gasteiger charge is -2.26. The van der Waals surface area contributed by atoms with Crippen molar-refractivity contribution in [2.45, 2.75) is 52.9 Å². The zero-order valence-electron chi connectivity index (χ0n) is 17.8. The van der Waals surface area contributed by atoms with Gasteiger partial charge < -0.3 is 9.64 Å². The summed E-state index contributed by atoms with van der Waals surface area (Å²) in [6, 6.07) is 5.81. The Bertz CT molecular complexity index is 1040. The molecule has 154 valence electrons. The van der Waals surface area contributed by atoms with Crippen LogP contribution < -0.4 is 9.64 Å². The van der Waals surface area contributed by atoms with Crippen molar-refractivity contribution < 1.29 is 4.74 Å². The predicted molar refractivity (Wildman–Crippen MR) is 120 cm³/mol. The summed E-state index contributed by atoms with van der Waals surface area (Å²) >= 11 is 6.63. The van der Waals surface area contributed by atoms with Gasteiger partial charge in [0.15, 0.2) is 5.65 Å². The summed E-state index contributed by atoms with van der Waals surface area (Å²) in [6.45, 7) is 8.50. The minimum absolute atomic E-state index is 0.657. The summed E-state index contributed by atoms with van der Waals surface area (Å²) in [5.74, 6) is 1.97. The molecule has 0 radical (unpaired) electrons. The molecule has 0 saturated heterocycles. The van der Waals surface area contributed by atoms with E-state index >= 15 is 0 Å². The summed E-state index contributed by atoms with van der Waals surface area (Å²) < 4.78 is 7.38. The lowest BCUT2D eigenvalue weighted by Crippen LogP contribution is -2.28. The minimum atomic E-state index is 0.657. The SMILES string of the molecule is CCCCN(CC)c1c2c(nc3c(-c4ccc(OC)cc4Cl)c(C)nn13)CCC2. The van der Waals surface area contributed by atoms with E-state index in [0.29, 0.717) is 5.02 Å². The van der Waals surface area contributed by atoms with Gasteiger partial charge in [-0.25, -0.2) is 4.98 Å². The Labute approximate surface area is 177 Å². The van der Waals surface area contributed by atoms with E-state index in [1.54, 1.807) is 7.11 Å². The molecule has 1 aromatic carbocycles. The number of hydrogen-bond acceptors (Lipinski definition) is 4. The second-order valence-corrected chi connectivity index (χ2v) is 8.10. The highest BCUT2D eigenvalue weighted by Gasteiger charge is 2.27. The van der Waals surface area contributed by atoms with E-state index in [9.17, 15) is 0 Å². The monoisotopic (exact) mass is 412 g/mol. The van der Waals surface area contributed by atoms with Crippen LogP contribution in [0.1, 0.15) is 50.1 Å². The van der Waals surface area contributed by atoms with E-state index in [1.165, 1.54) is 29.9 Å². The number of unbranched alkanes of at least 4 members (excludes halogenated alkanes) is 1. The number of aromatic nitrogens is 3. The molecule has 2 aromatic heterocycles. The predicted octanol–water partition coefficient (Wildman–Crippen LogP) is 5.48. The van der Waals surface area contributed by atoms with E-state index in [1.807, 2.05) is 25.1 Å². The summed E-state index contributed by atoms with van der Waals surface area (Å²) in [4.78, 5) is 7.54.